The standard InChI is InChI=1S/C14H24N4O2/c1-10-13(8-16-18(10)5-3-4-15)14(20)17(2)9-11-6-12(19)7-11/h8,11-12,19H,3-7,9,15H2,1-2H3. The fourth-order valence-corrected chi connectivity index (χ4v) is 2.65. The first-order valence-corrected chi connectivity index (χ1v) is 7.19. The van der Waals surface area contributed by atoms with Crippen LogP contribution in [0.25, 0.3) is 0 Å². The minimum Gasteiger partial charge on any atom is -0.393 e. The SMILES string of the molecule is Cc1c(C(=O)N(C)CC2CC(O)C2)cnn1CCCN. The molecule has 0 spiro atoms. The minimum absolute atomic E-state index is 0.00267. The Balaban J connectivity index is 1.95. The summed E-state index contributed by atoms with van der Waals surface area (Å²) >= 11 is 0. The molecule has 112 valence electrons. The summed E-state index contributed by atoms with van der Waals surface area (Å²) in [6, 6.07) is 0. The zero-order chi connectivity index (χ0) is 14.7. The number of aliphatic hydroxyl groups is 1. The van der Waals surface area contributed by atoms with Gasteiger partial charge in [0.25, 0.3) is 5.91 Å². The molecule has 0 atom stereocenters. The topological polar surface area (TPSA) is 84.4 Å². The summed E-state index contributed by atoms with van der Waals surface area (Å²) in [6.07, 6.45) is 3.91. The van der Waals surface area contributed by atoms with Crippen molar-refractivity contribution in [3.05, 3.63) is 17.5 Å². The third kappa shape index (κ3) is 3.19. The van der Waals surface area contributed by atoms with Crippen molar-refractivity contribution >= 4 is 5.91 Å². The Morgan fingerprint density at radius 1 is 1.60 bits per heavy atom. The fraction of sp³-hybridized carbons (Fsp3) is 0.714. The maximum Gasteiger partial charge on any atom is 0.257 e. The van der Waals surface area contributed by atoms with E-state index in [-0.39, 0.29) is 12.0 Å². The third-order valence-corrected chi connectivity index (χ3v) is 4.00. The molecule has 1 aliphatic rings. The van der Waals surface area contributed by atoms with E-state index >= 15 is 0 Å². The molecule has 2 rings (SSSR count). The summed E-state index contributed by atoms with van der Waals surface area (Å²) in [5.41, 5.74) is 7.04. The number of aromatic nitrogens is 2. The second kappa shape index (κ2) is 6.37. The number of hydrogen-bond donors (Lipinski definition) is 2. The predicted molar refractivity (Wildman–Crippen MR) is 76.3 cm³/mol. The second-order valence-electron chi connectivity index (χ2n) is 5.69. The van der Waals surface area contributed by atoms with Crippen LogP contribution in [0.5, 0.6) is 0 Å². The van der Waals surface area contributed by atoms with E-state index in [0.717, 1.165) is 31.5 Å². The number of nitrogens with two attached hydrogens (primary N) is 1. The highest BCUT2D eigenvalue weighted by atomic mass is 16.3. The molecule has 6 nitrogen and oxygen atoms in total. The Morgan fingerprint density at radius 3 is 2.90 bits per heavy atom. The van der Waals surface area contributed by atoms with Gasteiger partial charge in [-0.15, -0.1) is 0 Å². The van der Waals surface area contributed by atoms with Gasteiger partial charge in [-0.25, -0.2) is 0 Å². The molecule has 1 aromatic heterocycles. The molecule has 1 aromatic rings. The van der Waals surface area contributed by atoms with E-state index in [1.54, 1.807) is 11.1 Å². The predicted octanol–water partition coefficient (Wildman–Crippen LogP) is 0.383. The van der Waals surface area contributed by atoms with Crippen LogP contribution in [0.2, 0.25) is 0 Å². The van der Waals surface area contributed by atoms with Crippen LogP contribution in [0.1, 0.15) is 35.3 Å². The van der Waals surface area contributed by atoms with Crippen LogP contribution < -0.4 is 5.73 Å². The van der Waals surface area contributed by atoms with Gasteiger partial charge in [0.05, 0.1) is 17.9 Å². The van der Waals surface area contributed by atoms with Gasteiger partial charge in [0.2, 0.25) is 0 Å². The summed E-state index contributed by atoms with van der Waals surface area (Å²) in [5, 5.41) is 13.5. The number of nitrogens with zero attached hydrogens (tertiary/aromatic N) is 3. The molecule has 0 aliphatic heterocycles. The fourth-order valence-electron chi connectivity index (χ4n) is 2.65. The summed E-state index contributed by atoms with van der Waals surface area (Å²) in [6.45, 7) is 3.97. The number of aryl methyl sites for hydroxylation is 1. The van der Waals surface area contributed by atoms with E-state index < -0.39 is 0 Å². The number of amides is 1. The van der Waals surface area contributed by atoms with Crippen molar-refractivity contribution < 1.29 is 9.90 Å². The van der Waals surface area contributed by atoms with Crippen LogP contribution >= 0.6 is 0 Å². The summed E-state index contributed by atoms with van der Waals surface area (Å²) in [5.74, 6) is 0.425. The van der Waals surface area contributed by atoms with Crippen LogP contribution in [0, 0.1) is 12.8 Å². The average molecular weight is 280 g/mol. The maximum atomic E-state index is 12.4. The van der Waals surface area contributed by atoms with E-state index in [0.29, 0.717) is 24.6 Å². The lowest BCUT2D eigenvalue weighted by molar-refractivity contribution is 0.0265. The number of carbonyl (C=O) groups excluding carboxylic acids is 1. The Labute approximate surface area is 119 Å². The minimum atomic E-state index is -0.177. The summed E-state index contributed by atoms with van der Waals surface area (Å²) in [4.78, 5) is 14.1. The van der Waals surface area contributed by atoms with Crippen LogP contribution in [0.3, 0.4) is 0 Å². The molecule has 0 radical (unpaired) electrons. The Bertz CT molecular complexity index is 466. The van der Waals surface area contributed by atoms with Crippen molar-refractivity contribution in [3.63, 3.8) is 0 Å². The lowest BCUT2D eigenvalue weighted by Crippen LogP contribution is -2.39. The lowest BCUT2D eigenvalue weighted by Gasteiger charge is -2.34. The van der Waals surface area contributed by atoms with Gasteiger partial charge < -0.3 is 15.7 Å². The van der Waals surface area contributed by atoms with E-state index in [2.05, 4.69) is 5.10 Å². The van der Waals surface area contributed by atoms with Gasteiger partial charge >= 0.3 is 0 Å². The number of aliphatic hydroxyl groups excluding tert-OH is 1. The number of rotatable bonds is 6. The summed E-state index contributed by atoms with van der Waals surface area (Å²) in [7, 11) is 1.81. The van der Waals surface area contributed by atoms with Crippen molar-refractivity contribution in [1.29, 1.82) is 0 Å². The maximum absolute atomic E-state index is 12.4. The number of hydrogen-bond acceptors (Lipinski definition) is 4. The molecular formula is C14H24N4O2. The molecule has 6 heteroatoms. The molecule has 0 aromatic carbocycles. The zero-order valence-corrected chi connectivity index (χ0v) is 12.2. The highest BCUT2D eigenvalue weighted by Crippen LogP contribution is 2.28. The molecule has 1 saturated carbocycles. The van der Waals surface area contributed by atoms with Gasteiger partial charge in [-0.3, -0.25) is 9.48 Å². The van der Waals surface area contributed by atoms with Gasteiger partial charge in [-0.05, 0) is 38.6 Å². The zero-order valence-electron chi connectivity index (χ0n) is 12.2. The van der Waals surface area contributed by atoms with E-state index in [1.165, 1.54) is 0 Å². The quantitative estimate of drug-likeness (QED) is 0.789. The van der Waals surface area contributed by atoms with Gasteiger partial charge in [-0.1, -0.05) is 0 Å². The molecule has 1 heterocycles. The van der Waals surface area contributed by atoms with E-state index in [4.69, 9.17) is 5.73 Å². The monoisotopic (exact) mass is 280 g/mol. The van der Waals surface area contributed by atoms with Crippen LogP contribution in [0.15, 0.2) is 6.20 Å². The van der Waals surface area contributed by atoms with Gasteiger partial charge in [-0.2, -0.15) is 5.10 Å². The van der Waals surface area contributed by atoms with E-state index in [9.17, 15) is 9.90 Å². The molecule has 1 aliphatic carbocycles. The van der Waals surface area contributed by atoms with Crippen molar-refractivity contribution in [2.24, 2.45) is 11.7 Å². The molecule has 0 saturated heterocycles. The molecule has 20 heavy (non-hydrogen) atoms. The number of carbonyl (C=O) groups is 1. The second-order valence-corrected chi connectivity index (χ2v) is 5.69. The van der Waals surface area contributed by atoms with Crippen LogP contribution in [0.4, 0.5) is 0 Å². The molecule has 1 amide bonds. The first-order valence-electron chi connectivity index (χ1n) is 7.19. The van der Waals surface area contributed by atoms with Crippen molar-refractivity contribution in [2.45, 2.75) is 38.8 Å². The van der Waals surface area contributed by atoms with Gasteiger partial charge in [0.15, 0.2) is 0 Å². The Kier molecular flexibility index (Phi) is 4.77. The summed E-state index contributed by atoms with van der Waals surface area (Å²) < 4.78 is 1.83. The Hall–Kier alpha value is -1.40. The van der Waals surface area contributed by atoms with Gasteiger partial charge in [0, 0.05) is 25.8 Å². The van der Waals surface area contributed by atoms with Crippen molar-refractivity contribution in [1.82, 2.24) is 14.7 Å². The molecule has 0 unspecified atom stereocenters. The third-order valence-electron chi connectivity index (χ3n) is 4.00. The largest absolute Gasteiger partial charge is 0.393 e. The lowest BCUT2D eigenvalue weighted by atomic mass is 9.82. The van der Waals surface area contributed by atoms with E-state index in [1.807, 2.05) is 18.7 Å². The normalized spacial score (nSPS) is 21.6. The Morgan fingerprint density at radius 2 is 2.30 bits per heavy atom. The first kappa shape index (κ1) is 15.0. The molecule has 3 N–H and O–H groups in total. The molecular weight excluding hydrogens is 256 g/mol. The van der Waals surface area contributed by atoms with Crippen molar-refractivity contribution in [2.75, 3.05) is 20.1 Å². The molecule has 1 fully saturated rings. The van der Waals surface area contributed by atoms with Crippen LogP contribution in [-0.4, -0.2) is 51.9 Å². The highest BCUT2D eigenvalue weighted by molar-refractivity contribution is 5.94. The first-order chi connectivity index (χ1) is 9.52. The highest BCUT2D eigenvalue weighted by Gasteiger charge is 2.29. The van der Waals surface area contributed by atoms with Crippen LogP contribution in [-0.2, 0) is 6.54 Å². The molecule has 0 bridgehead atoms. The smallest absolute Gasteiger partial charge is 0.257 e. The average Bonchev–Trinajstić information content (AvgIpc) is 2.75. The van der Waals surface area contributed by atoms with Gasteiger partial charge in [0.1, 0.15) is 0 Å². The van der Waals surface area contributed by atoms with Crippen molar-refractivity contribution in [3.8, 4) is 0 Å².